The van der Waals surface area contributed by atoms with Crippen molar-refractivity contribution in [2.45, 2.75) is 51.3 Å². The van der Waals surface area contributed by atoms with E-state index < -0.39 is 10.0 Å². The predicted octanol–water partition coefficient (Wildman–Crippen LogP) is 2.74. The first-order valence-corrected chi connectivity index (χ1v) is 11.4. The van der Waals surface area contributed by atoms with Gasteiger partial charge in [0.25, 0.3) is 5.91 Å². The summed E-state index contributed by atoms with van der Waals surface area (Å²) in [5.41, 5.74) is 1.20. The van der Waals surface area contributed by atoms with Crippen molar-refractivity contribution >= 4 is 15.9 Å². The molecular formula is C20H28N4O4S. The van der Waals surface area contributed by atoms with Gasteiger partial charge < -0.3 is 9.42 Å². The van der Waals surface area contributed by atoms with Gasteiger partial charge in [-0.05, 0) is 44.4 Å². The standard InChI is InChI=1S/C20H28N4O4S/c1-5-24(6-2)29(26,27)17-8-7-14(3)18(13-17)20(25)23-11-9-16(10-12-23)19-21-15(4)22-28-19/h7-8,13,16H,5-6,9-12H2,1-4H3. The van der Waals surface area contributed by atoms with Crippen LogP contribution in [0.5, 0.6) is 0 Å². The maximum atomic E-state index is 13.1. The van der Waals surface area contributed by atoms with Gasteiger partial charge >= 0.3 is 0 Å². The predicted molar refractivity (Wildman–Crippen MR) is 108 cm³/mol. The molecule has 0 saturated carbocycles. The summed E-state index contributed by atoms with van der Waals surface area (Å²) in [7, 11) is -3.61. The van der Waals surface area contributed by atoms with E-state index >= 15 is 0 Å². The topological polar surface area (TPSA) is 96.6 Å². The van der Waals surface area contributed by atoms with Crippen LogP contribution in [0.2, 0.25) is 0 Å². The van der Waals surface area contributed by atoms with Crippen LogP contribution in [0, 0.1) is 13.8 Å². The molecule has 1 aromatic heterocycles. The molecule has 29 heavy (non-hydrogen) atoms. The minimum Gasteiger partial charge on any atom is -0.339 e. The highest BCUT2D eigenvalue weighted by Crippen LogP contribution is 2.28. The Balaban J connectivity index is 1.78. The van der Waals surface area contributed by atoms with Crippen LogP contribution in [0.4, 0.5) is 0 Å². The maximum Gasteiger partial charge on any atom is 0.254 e. The molecule has 9 heteroatoms. The molecule has 1 aliphatic heterocycles. The summed E-state index contributed by atoms with van der Waals surface area (Å²) < 4.78 is 32.3. The molecule has 0 N–H and O–H groups in total. The second-order valence-electron chi connectivity index (χ2n) is 7.31. The molecule has 0 radical (unpaired) electrons. The Morgan fingerprint density at radius 3 is 2.41 bits per heavy atom. The number of amides is 1. The second-order valence-corrected chi connectivity index (χ2v) is 9.25. The number of carbonyl (C=O) groups excluding carboxylic acids is 1. The minimum atomic E-state index is -3.61. The van der Waals surface area contributed by atoms with Crippen LogP contribution in [-0.4, -0.2) is 59.8 Å². The zero-order valence-electron chi connectivity index (χ0n) is 17.4. The van der Waals surface area contributed by atoms with E-state index in [0.717, 1.165) is 18.4 Å². The van der Waals surface area contributed by atoms with Gasteiger partial charge in [0.15, 0.2) is 5.82 Å². The molecule has 0 bridgehead atoms. The zero-order valence-corrected chi connectivity index (χ0v) is 18.2. The highest BCUT2D eigenvalue weighted by Gasteiger charge is 2.29. The number of aryl methyl sites for hydroxylation is 2. The number of hydrogen-bond acceptors (Lipinski definition) is 6. The van der Waals surface area contributed by atoms with E-state index in [9.17, 15) is 13.2 Å². The third kappa shape index (κ3) is 4.35. The molecular weight excluding hydrogens is 392 g/mol. The van der Waals surface area contributed by atoms with Gasteiger partial charge in [-0.1, -0.05) is 25.1 Å². The van der Waals surface area contributed by atoms with Gasteiger partial charge in [0, 0.05) is 37.7 Å². The van der Waals surface area contributed by atoms with Gasteiger partial charge in [0.2, 0.25) is 15.9 Å². The Labute approximate surface area is 171 Å². The van der Waals surface area contributed by atoms with Crippen molar-refractivity contribution in [2.24, 2.45) is 0 Å². The molecule has 2 aromatic rings. The lowest BCUT2D eigenvalue weighted by atomic mass is 9.96. The molecule has 8 nitrogen and oxygen atoms in total. The Morgan fingerprint density at radius 2 is 1.86 bits per heavy atom. The van der Waals surface area contributed by atoms with Gasteiger partial charge in [-0.25, -0.2) is 8.42 Å². The number of benzene rings is 1. The molecule has 0 spiro atoms. The number of likely N-dealkylation sites (tertiary alicyclic amines) is 1. The van der Waals surface area contributed by atoms with Crippen molar-refractivity contribution < 1.29 is 17.7 Å². The Morgan fingerprint density at radius 1 is 1.21 bits per heavy atom. The Hall–Kier alpha value is -2.26. The van der Waals surface area contributed by atoms with Crippen LogP contribution >= 0.6 is 0 Å². The van der Waals surface area contributed by atoms with E-state index in [1.54, 1.807) is 37.8 Å². The summed E-state index contributed by atoms with van der Waals surface area (Å²) >= 11 is 0. The fourth-order valence-corrected chi connectivity index (χ4v) is 5.17. The molecule has 0 atom stereocenters. The normalized spacial score (nSPS) is 15.8. The molecule has 0 aliphatic carbocycles. The minimum absolute atomic E-state index is 0.140. The van der Waals surface area contributed by atoms with Gasteiger partial charge in [-0.2, -0.15) is 9.29 Å². The average molecular weight is 421 g/mol. The Bertz CT molecular complexity index is 974. The van der Waals surface area contributed by atoms with Gasteiger partial charge in [-0.3, -0.25) is 4.79 Å². The number of hydrogen-bond donors (Lipinski definition) is 0. The summed E-state index contributed by atoms with van der Waals surface area (Å²) in [4.78, 5) is 19.3. The van der Waals surface area contributed by atoms with Crippen molar-refractivity contribution in [1.29, 1.82) is 0 Å². The highest BCUT2D eigenvalue weighted by molar-refractivity contribution is 7.89. The van der Waals surface area contributed by atoms with Gasteiger partial charge in [0.1, 0.15) is 0 Å². The van der Waals surface area contributed by atoms with Crippen LogP contribution < -0.4 is 0 Å². The molecule has 2 heterocycles. The first-order chi connectivity index (χ1) is 13.8. The first-order valence-electron chi connectivity index (χ1n) is 9.98. The van der Waals surface area contributed by atoms with Crippen LogP contribution in [0.3, 0.4) is 0 Å². The van der Waals surface area contributed by atoms with E-state index in [2.05, 4.69) is 10.1 Å². The van der Waals surface area contributed by atoms with Crippen LogP contribution in [0.15, 0.2) is 27.6 Å². The number of carbonyl (C=O) groups is 1. The first kappa shape index (κ1) is 21.4. The van der Waals surface area contributed by atoms with Crippen molar-refractivity contribution in [3.8, 4) is 0 Å². The summed E-state index contributed by atoms with van der Waals surface area (Å²) in [5, 5.41) is 3.84. The molecule has 158 valence electrons. The SMILES string of the molecule is CCN(CC)S(=O)(=O)c1ccc(C)c(C(=O)N2CCC(c3nc(C)no3)CC2)c1. The van der Waals surface area contributed by atoms with Crippen molar-refractivity contribution in [3.05, 3.63) is 41.0 Å². The van der Waals surface area contributed by atoms with E-state index in [1.165, 1.54) is 10.4 Å². The second kappa shape index (κ2) is 8.62. The molecule has 1 saturated heterocycles. The van der Waals surface area contributed by atoms with Crippen LogP contribution in [0.25, 0.3) is 0 Å². The monoisotopic (exact) mass is 420 g/mol. The molecule has 1 fully saturated rings. The van der Waals surface area contributed by atoms with Crippen molar-refractivity contribution in [3.63, 3.8) is 0 Å². The fraction of sp³-hybridized carbons (Fsp3) is 0.550. The quantitative estimate of drug-likeness (QED) is 0.713. The summed E-state index contributed by atoms with van der Waals surface area (Å²) in [5.74, 6) is 1.24. The van der Waals surface area contributed by atoms with Crippen LogP contribution in [0.1, 0.15) is 60.2 Å². The third-order valence-corrected chi connectivity index (χ3v) is 7.50. The number of nitrogens with zero attached hydrogens (tertiary/aromatic N) is 4. The lowest BCUT2D eigenvalue weighted by Gasteiger charge is -2.31. The highest BCUT2D eigenvalue weighted by atomic mass is 32.2. The molecule has 3 rings (SSSR count). The molecule has 1 aliphatic rings. The molecule has 0 unspecified atom stereocenters. The lowest BCUT2D eigenvalue weighted by Crippen LogP contribution is -2.38. The third-order valence-electron chi connectivity index (χ3n) is 5.46. The number of piperidine rings is 1. The largest absolute Gasteiger partial charge is 0.339 e. The van der Waals surface area contributed by atoms with E-state index in [-0.39, 0.29) is 16.7 Å². The maximum absolute atomic E-state index is 13.1. The number of aromatic nitrogens is 2. The summed E-state index contributed by atoms with van der Waals surface area (Å²) in [6, 6.07) is 4.79. The lowest BCUT2D eigenvalue weighted by molar-refractivity contribution is 0.0703. The molecule has 1 aromatic carbocycles. The van der Waals surface area contributed by atoms with Gasteiger partial charge in [0.05, 0.1) is 4.90 Å². The zero-order chi connectivity index (χ0) is 21.2. The summed E-state index contributed by atoms with van der Waals surface area (Å²) in [6.07, 6.45) is 1.48. The molecule has 1 amide bonds. The smallest absolute Gasteiger partial charge is 0.254 e. The summed E-state index contributed by atoms with van der Waals surface area (Å²) in [6.45, 7) is 9.13. The van der Waals surface area contributed by atoms with Gasteiger partial charge in [-0.15, -0.1) is 0 Å². The number of rotatable bonds is 6. The van der Waals surface area contributed by atoms with E-state index in [1.807, 2.05) is 6.92 Å². The van der Waals surface area contributed by atoms with E-state index in [4.69, 9.17) is 4.52 Å². The van der Waals surface area contributed by atoms with Crippen LogP contribution in [-0.2, 0) is 10.0 Å². The average Bonchev–Trinajstić information content (AvgIpc) is 3.15. The fourth-order valence-electron chi connectivity index (χ4n) is 3.68. The number of sulfonamides is 1. The Kier molecular flexibility index (Phi) is 6.38. The van der Waals surface area contributed by atoms with Crippen molar-refractivity contribution in [2.75, 3.05) is 26.2 Å². The van der Waals surface area contributed by atoms with E-state index in [0.29, 0.717) is 43.5 Å². The van der Waals surface area contributed by atoms with Crippen molar-refractivity contribution in [1.82, 2.24) is 19.3 Å².